The molecule has 0 radical (unpaired) electrons. The van der Waals surface area contributed by atoms with Crippen molar-refractivity contribution in [2.24, 2.45) is 0 Å². The van der Waals surface area contributed by atoms with E-state index in [2.05, 4.69) is 16.0 Å². The highest BCUT2D eigenvalue weighted by molar-refractivity contribution is 5.96. The molecule has 0 aliphatic heterocycles. The van der Waals surface area contributed by atoms with Crippen molar-refractivity contribution in [3.05, 3.63) is 53.6 Å². The molecule has 0 saturated heterocycles. The molecule has 27 heavy (non-hydrogen) atoms. The smallest absolute Gasteiger partial charge is 0.251 e. The molecular weight excluding hydrogens is 346 g/mol. The second-order valence-electron chi connectivity index (χ2n) is 6.02. The summed E-state index contributed by atoms with van der Waals surface area (Å²) in [6.45, 7) is 3.51. The Bertz CT molecular complexity index is 849. The highest BCUT2D eigenvalue weighted by atomic mass is 16.5. The van der Waals surface area contributed by atoms with Crippen LogP contribution in [0.3, 0.4) is 0 Å². The van der Waals surface area contributed by atoms with Gasteiger partial charge >= 0.3 is 0 Å². The van der Waals surface area contributed by atoms with Gasteiger partial charge in [0, 0.05) is 31.1 Å². The normalized spacial score (nSPS) is 10.0. The molecule has 3 N–H and O–H groups in total. The van der Waals surface area contributed by atoms with Crippen molar-refractivity contribution in [3.8, 4) is 5.75 Å². The van der Waals surface area contributed by atoms with E-state index >= 15 is 0 Å². The van der Waals surface area contributed by atoms with Crippen LogP contribution < -0.4 is 20.7 Å². The number of carbonyl (C=O) groups is 3. The minimum Gasteiger partial charge on any atom is -0.495 e. The van der Waals surface area contributed by atoms with Gasteiger partial charge < -0.3 is 20.7 Å². The van der Waals surface area contributed by atoms with Gasteiger partial charge in [0.15, 0.2) is 0 Å². The number of ether oxygens (including phenoxy) is 1. The van der Waals surface area contributed by atoms with E-state index < -0.39 is 0 Å². The molecule has 7 nitrogen and oxygen atoms in total. The Morgan fingerprint density at radius 2 is 1.81 bits per heavy atom. The van der Waals surface area contributed by atoms with E-state index in [0.29, 0.717) is 22.7 Å². The Hall–Kier alpha value is -3.35. The summed E-state index contributed by atoms with van der Waals surface area (Å²) in [5.74, 6) is -0.243. The van der Waals surface area contributed by atoms with Crippen molar-refractivity contribution < 1.29 is 19.1 Å². The SMILES string of the molecule is COc1ccc(NC(C)=O)cc1NC(=O)CCNC(=O)c1cccc(C)c1. The van der Waals surface area contributed by atoms with Crippen LogP contribution in [0.15, 0.2) is 42.5 Å². The zero-order valence-electron chi connectivity index (χ0n) is 15.6. The molecule has 0 bridgehead atoms. The van der Waals surface area contributed by atoms with Gasteiger partial charge in [-0.05, 0) is 37.3 Å². The van der Waals surface area contributed by atoms with Gasteiger partial charge in [0.05, 0.1) is 12.8 Å². The van der Waals surface area contributed by atoms with E-state index in [1.54, 1.807) is 30.3 Å². The van der Waals surface area contributed by atoms with E-state index in [9.17, 15) is 14.4 Å². The number of aryl methyl sites for hydroxylation is 1. The second-order valence-corrected chi connectivity index (χ2v) is 6.02. The van der Waals surface area contributed by atoms with E-state index in [-0.39, 0.29) is 30.7 Å². The molecule has 7 heteroatoms. The number of hydrogen-bond donors (Lipinski definition) is 3. The minimum atomic E-state index is -0.280. The van der Waals surface area contributed by atoms with Crippen molar-refractivity contribution in [2.45, 2.75) is 20.3 Å². The molecule has 0 unspecified atom stereocenters. The van der Waals surface area contributed by atoms with Crippen LogP contribution in [-0.4, -0.2) is 31.4 Å². The summed E-state index contributed by atoms with van der Waals surface area (Å²) < 4.78 is 5.22. The van der Waals surface area contributed by atoms with Crippen LogP contribution in [-0.2, 0) is 9.59 Å². The van der Waals surface area contributed by atoms with Gasteiger partial charge in [-0.15, -0.1) is 0 Å². The van der Waals surface area contributed by atoms with Gasteiger partial charge in [0.2, 0.25) is 11.8 Å². The van der Waals surface area contributed by atoms with Gasteiger partial charge in [-0.25, -0.2) is 0 Å². The van der Waals surface area contributed by atoms with Crippen LogP contribution in [0.5, 0.6) is 5.75 Å². The van der Waals surface area contributed by atoms with Gasteiger partial charge in [0.1, 0.15) is 5.75 Å². The summed E-state index contributed by atoms with van der Waals surface area (Å²) >= 11 is 0. The van der Waals surface area contributed by atoms with Crippen molar-refractivity contribution in [2.75, 3.05) is 24.3 Å². The maximum absolute atomic E-state index is 12.2. The average molecular weight is 369 g/mol. The third-order valence-corrected chi connectivity index (χ3v) is 3.71. The van der Waals surface area contributed by atoms with Crippen LogP contribution in [0, 0.1) is 6.92 Å². The molecule has 0 atom stereocenters. The predicted octanol–water partition coefficient (Wildman–Crippen LogP) is 2.72. The lowest BCUT2D eigenvalue weighted by molar-refractivity contribution is -0.116. The lowest BCUT2D eigenvalue weighted by Crippen LogP contribution is -2.27. The van der Waals surface area contributed by atoms with Crippen molar-refractivity contribution in [3.63, 3.8) is 0 Å². The second kappa shape index (κ2) is 9.38. The van der Waals surface area contributed by atoms with E-state index in [4.69, 9.17) is 4.74 Å². The molecule has 0 fully saturated rings. The third-order valence-electron chi connectivity index (χ3n) is 3.71. The number of hydrogen-bond acceptors (Lipinski definition) is 4. The molecule has 0 spiro atoms. The average Bonchev–Trinajstić information content (AvgIpc) is 2.61. The fraction of sp³-hybridized carbons (Fsp3) is 0.250. The van der Waals surface area contributed by atoms with Gasteiger partial charge in [0.25, 0.3) is 5.91 Å². The molecule has 142 valence electrons. The lowest BCUT2D eigenvalue weighted by atomic mass is 10.1. The molecule has 2 rings (SSSR count). The first kappa shape index (κ1) is 20.0. The van der Waals surface area contributed by atoms with Gasteiger partial charge in [-0.2, -0.15) is 0 Å². The maximum Gasteiger partial charge on any atom is 0.251 e. The van der Waals surface area contributed by atoms with E-state index in [0.717, 1.165) is 5.56 Å². The van der Waals surface area contributed by atoms with E-state index in [1.165, 1.54) is 14.0 Å². The zero-order valence-corrected chi connectivity index (χ0v) is 15.6. The van der Waals surface area contributed by atoms with Crippen LogP contribution in [0.2, 0.25) is 0 Å². The number of anilines is 2. The summed E-state index contributed by atoms with van der Waals surface area (Å²) in [6.07, 6.45) is 0.102. The largest absolute Gasteiger partial charge is 0.495 e. The number of carbonyl (C=O) groups excluding carboxylic acids is 3. The molecular formula is C20H23N3O4. The summed E-state index contributed by atoms with van der Waals surface area (Å²) in [5, 5.41) is 8.10. The molecule has 0 heterocycles. The molecule has 2 aromatic rings. The molecule has 2 aromatic carbocycles. The van der Waals surface area contributed by atoms with Gasteiger partial charge in [-0.1, -0.05) is 17.7 Å². The Kier molecular flexibility index (Phi) is 6.93. The van der Waals surface area contributed by atoms with Crippen LogP contribution in [0.25, 0.3) is 0 Å². The Balaban J connectivity index is 1.91. The quantitative estimate of drug-likeness (QED) is 0.699. The molecule has 0 saturated carbocycles. The first-order valence-electron chi connectivity index (χ1n) is 8.49. The summed E-state index contributed by atoms with van der Waals surface area (Å²) in [5.41, 5.74) is 2.54. The standard InChI is InChI=1S/C20H23N3O4/c1-13-5-4-6-15(11-13)20(26)21-10-9-19(25)23-17-12-16(22-14(2)24)7-8-18(17)27-3/h4-8,11-12H,9-10H2,1-3H3,(H,21,26)(H,22,24)(H,23,25). The number of benzene rings is 2. The fourth-order valence-corrected chi connectivity index (χ4v) is 2.48. The molecule has 0 aliphatic carbocycles. The van der Waals surface area contributed by atoms with Crippen LogP contribution in [0.4, 0.5) is 11.4 Å². The number of amides is 3. The first-order chi connectivity index (χ1) is 12.9. The van der Waals surface area contributed by atoms with Crippen LogP contribution in [0.1, 0.15) is 29.3 Å². The zero-order chi connectivity index (χ0) is 19.8. The maximum atomic E-state index is 12.2. The van der Waals surface area contributed by atoms with Gasteiger partial charge in [-0.3, -0.25) is 14.4 Å². The van der Waals surface area contributed by atoms with Crippen molar-refractivity contribution in [1.29, 1.82) is 0 Å². The molecule has 0 aliphatic rings. The number of methoxy groups -OCH3 is 1. The first-order valence-corrected chi connectivity index (χ1v) is 8.49. The minimum absolute atomic E-state index is 0.102. The predicted molar refractivity (Wildman–Crippen MR) is 104 cm³/mol. The molecule has 3 amide bonds. The Morgan fingerprint density at radius 3 is 2.48 bits per heavy atom. The third kappa shape index (κ3) is 6.14. The summed E-state index contributed by atoms with van der Waals surface area (Å²) in [6, 6.07) is 12.2. The number of nitrogens with one attached hydrogen (secondary N) is 3. The topological polar surface area (TPSA) is 96.5 Å². The fourth-order valence-electron chi connectivity index (χ4n) is 2.48. The highest BCUT2D eigenvalue weighted by Crippen LogP contribution is 2.27. The number of rotatable bonds is 7. The Morgan fingerprint density at radius 1 is 1.04 bits per heavy atom. The highest BCUT2D eigenvalue weighted by Gasteiger charge is 2.11. The monoisotopic (exact) mass is 369 g/mol. The summed E-state index contributed by atoms with van der Waals surface area (Å²) in [4.78, 5) is 35.4. The van der Waals surface area contributed by atoms with Crippen LogP contribution >= 0.6 is 0 Å². The van der Waals surface area contributed by atoms with Crippen molar-refractivity contribution in [1.82, 2.24) is 5.32 Å². The lowest BCUT2D eigenvalue weighted by Gasteiger charge is -2.12. The van der Waals surface area contributed by atoms with E-state index in [1.807, 2.05) is 19.1 Å². The molecule has 0 aromatic heterocycles. The van der Waals surface area contributed by atoms with Crippen molar-refractivity contribution >= 4 is 29.1 Å². The summed E-state index contributed by atoms with van der Waals surface area (Å²) in [7, 11) is 1.49. The Labute approximate surface area is 158 Å².